The first kappa shape index (κ1) is 15.8. The van der Waals surface area contributed by atoms with E-state index in [0.29, 0.717) is 24.9 Å². The smallest absolute Gasteiger partial charge is 0.227 e. The summed E-state index contributed by atoms with van der Waals surface area (Å²) < 4.78 is 0. The third-order valence-corrected chi connectivity index (χ3v) is 5.54. The quantitative estimate of drug-likeness (QED) is 0.853. The number of nitrogens with zero attached hydrogens (tertiary/aromatic N) is 2. The Bertz CT molecular complexity index is 393. The van der Waals surface area contributed by atoms with E-state index in [1.165, 1.54) is 32.1 Å². The van der Waals surface area contributed by atoms with E-state index in [4.69, 9.17) is 0 Å². The van der Waals surface area contributed by atoms with E-state index in [9.17, 15) is 9.59 Å². The van der Waals surface area contributed by atoms with Crippen molar-refractivity contribution in [3.63, 3.8) is 0 Å². The van der Waals surface area contributed by atoms with Crippen LogP contribution in [0.4, 0.5) is 0 Å². The molecule has 2 heterocycles. The van der Waals surface area contributed by atoms with Crippen LogP contribution in [-0.2, 0) is 9.59 Å². The Morgan fingerprint density at radius 3 is 2.23 bits per heavy atom. The molecule has 5 nitrogen and oxygen atoms in total. The van der Waals surface area contributed by atoms with Crippen LogP contribution in [0.3, 0.4) is 0 Å². The minimum Gasteiger partial charge on any atom is -0.339 e. The molecule has 2 aliphatic heterocycles. The number of amides is 2. The van der Waals surface area contributed by atoms with Crippen molar-refractivity contribution in [3.05, 3.63) is 0 Å². The molecule has 22 heavy (non-hydrogen) atoms. The summed E-state index contributed by atoms with van der Waals surface area (Å²) in [6, 6.07) is 0. The summed E-state index contributed by atoms with van der Waals surface area (Å²) in [7, 11) is 0. The molecule has 1 unspecified atom stereocenters. The van der Waals surface area contributed by atoms with Gasteiger partial charge in [0.2, 0.25) is 11.8 Å². The van der Waals surface area contributed by atoms with Crippen molar-refractivity contribution in [2.24, 2.45) is 11.8 Å². The van der Waals surface area contributed by atoms with Crippen LogP contribution in [0.15, 0.2) is 0 Å². The van der Waals surface area contributed by atoms with Gasteiger partial charge in [0.05, 0.1) is 5.92 Å². The molecule has 0 radical (unpaired) electrons. The highest BCUT2D eigenvalue weighted by molar-refractivity contribution is 5.80. The molecule has 1 N–H and O–H groups in total. The van der Waals surface area contributed by atoms with Gasteiger partial charge < -0.3 is 15.1 Å². The Morgan fingerprint density at radius 1 is 0.909 bits per heavy atom. The highest BCUT2D eigenvalue weighted by Crippen LogP contribution is 2.27. The van der Waals surface area contributed by atoms with E-state index < -0.39 is 0 Å². The number of rotatable bonds is 3. The Hall–Kier alpha value is -1.10. The number of nitrogens with one attached hydrogen (secondary N) is 1. The molecule has 5 heteroatoms. The summed E-state index contributed by atoms with van der Waals surface area (Å²) in [6.07, 6.45) is 8.03. The zero-order chi connectivity index (χ0) is 15.4. The minimum absolute atomic E-state index is 0.157. The largest absolute Gasteiger partial charge is 0.339 e. The molecular weight excluding hydrogens is 278 g/mol. The van der Waals surface area contributed by atoms with E-state index in [0.717, 1.165) is 39.0 Å². The van der Waals surface area contributed by atoms with E-state index in [1.807, 2.05) is 9.80 Å². The second-order valence-corrected chi connectivity index (χ2v) is 7.10. The van der Waals surface area contributed by atoms with Gasteiger partial charge in [-0.2, -0.15) is 0 Å². The van der Waals surface area contributed by atoms with Gasteiger partial charge >= 0.3 is 0 Å². The summed E-state index contributed by atoms with van der Waals surface area (Å²) in [5, 5.41) is 3.25. The summed E-state index contributed by atoms with van der Waals surface area (Å²) >= 11 is 0. The van der Waals surface area contributed by atoms with Gasteiger partial charge in [-0.25, -0.2) is 0 Å². The van der Waals surface area contributed by atoms with E-state index in [1.54, 1.807) is 0 Å². The average Bonchev–Trinajstić information content (AvgIpc) is 3.10. The molecule has 0 bridgehead atoms. The van der Waals surface area contributed by atoms with Crippen LogP contribution in [0.5, 0.6) is 0 Å². The molecule has 1 aliphatic carbocycles. The van der Waals surface area contributed by atoms with Crippen LogP contribution in [0.1, 0.15) is 44.9 Å². The van der Waals surface area contributed by atoms with Crippen LogP contribution in [-0.4, -0.2) is 60.9 Å². The highest BCUT2D eigenvalue weighted by atomic mass is 16.2. The number of hydrogen-bond donors (Lipinski definition) is 1. The standard InChI is InChI=1S/C17H29N3O2/c21-16(12-14-4-2-1-3-5-14)19-8-10-20(11-9-19)17(22)15-6-7-18-13-15/h14-15,18H,1-13H2. The lowest BCUT2D eigenvalue weighted by Crippen LogP contribution is -2.52. The van der Waals surface area contributed by atoms with Gasteiger partial charge in [-0.05, 0) is 31.7 Å². The highest BCUT2D eigenvalue weighted by Gasteiger charge is 2.31. The molecule has 2 saturated heterocycles. The van der Waals surface area contributed by atoms with Crippen molar-refractivity contribution in [1.82, 2.24) is 15.1 Å². The van der Waals surface area contributed by atoms with Crippen molar-refractivity contribution < 1.29 is 9.59 Å². The van der Waals surface area contributed by atoms with Gasteiger partial charge in [-0.15, -0.1) is 0 Å². The Kier molecular flexibility index (Phi) is 5.34. The molecule has 1 atom stereocenters. The Labute approximate surface area is 133 Å². The maximum Gasteiger partial charge on any atom is 0.227 e. The second kappa shape index (κ2) is 7.44. The normalized spacial score (nSPS) is 27.2. The molecule has 124 valence electrons. The van der Waals surface area contributed by atoms with Gasteiger partial charge in [0, 0.05) is 39.1 Å². The van der Waals surface area contributed by atoms with Crippen molar-refractivity contribution in [3.8, 4) is 0 Å². The maximum atomic E-state index is 12.4. The van der Waals surface area contributed by atoms with E-state index in [2.05, 4.69) is 5.32 Å². The van der Waals surface area contributed by atoms with Crippen LogP contribution < -0.4 is 5.32 Å². The first-order valence-corrected chi connectivity index (χ1v) is 9.01. The van der Waals surface area contributed by atoms with Gasteiger partial charge in [0.1, 0.15) is 0 Å². The zero-order valence-corrected chi connectivity index (χ0v) is 13.6. The third-order valence-electron chi connectivity index (χ3n) is 5.54. The van der Waals surface area contributed by atoms with Crippen LogP contribution >= 0.6 is 0 Å². The van der Waals surface area contributed by atoms with Gasteiger partial charge in [0.15, 0.2) is 0 Å². The first-order valence-electron chi connectivity index (χ1n) is 9.01. The molecule has 2 amide bonds. The predicted octanol–water partition coefficient (Wildman–Crippen LogP) is 1.24. The van der Waals surface area contributed by atoms with Gasteiger partial charge in [-0.3, -0.25) is 9.59 Å². The van der Waals surface area contributed by atoms with E-state index >= 15 is 0 Å². The SMILES string of the molecule is O=C(CC1CCCCC1)N1CCN(C(=O)C2CCNC2)CC1. The lowest BCUT2D eigenvalue weighted by molar-refractivity contribution is -0.142. The molecule has 0 spiro atoms. The average molecular weight is 307 g/mol. The van der Waals surface area contributed by atoms with Crippen LogP contribution in [0.2, 0.25) is 0 Å². The minimum atomic E-state index is 0.157. The summed E-state index contributed by atoms with van der Waals surface area (Å²) in [6.45, 7) is 4.64. The number of carbonyl (C=O) groups excluding carboxylic acids is 2. The van der Waals surface area contributed by atoms with E-state index in [-0.39, 0.29) is 11.8 Å². The number of hydrogen-bond acceptors (Lipinski definition) is 3. The topological polar surface area (TPSA) is 52.7 Å². The van der Waals surface area contributed by atoms with Crippen molar-refractivity contribution >= 4 is 11.8 Å². The Balaban J connectivity index is 1.42. The van der Waals surface area contributed by atoms with Crippen LogP contribution in [0, 0.1) is 11.8 Å². The number of piperazine rings is 1. The fourth-order valence-electron chi connectivity index (χ4n) is 4.07. The molecular formula is C17H29N3O2. The molecule has 1 saturated carbocycles. The maximum absolute atomic E-state index is 12.4. The second-order valence-electron chi connectivity index (χ2n) is 7.10. The lowest BCUT2D eigenvalue weighted by atomic mass is 9.86. The zero-order valence-electron chi connectivity index (χ0n) is 13.6. The van der Waals surface area contributed by atoms with Crippen LogP contribution in [0.25, 0.3) is 0 Å². The molecule has 0 aromatic carbocycles. The van der Waals surface area contributed by atoms with Gasteiger partial charge in [0.25, 0.3) is 0 Å². The van der Waals surface area contributed by atoms with Crippen molar-refractivity contribution in [2.45, 2.75) is 44.9 Å². The molecule has 0 aromatic rings. The third kappa shape index (κ3) is 3.80. The fourth-order valence-corrected chi connectivity index (χ4v) is 4.07. The van der Waals surface area contributed by atoms with Crippen molar-refractivity contribution in [1.29, 1.82) is 0 Å². The first-order chi connectivity index (χ1) is 10.7. The summed E-state index contributed by atoms with van der Waals surface area (Å²) in [5.41, 5.74) is 0. The molecule has 3 aliphatic rings. The fraction of sp³-hybridized carbons (Fsp3) is 0.882. The molecule has 0 aromatic heterocycles. The predicted molar refractivity (Wildman–Crippen MR) is 85.3 cm³/mol. The molecule has 3 fully saturated rings. The summed E-state index contributed by atoms with van der Waals surface area (Å²) in [5.74, 6) is 1.35. The Morgan fingerprint density at radius 2 is 1.59 bits per heavy atom. The summed E-state index contributed by atoms with van der Waals surface area (Å²) in [4.78, 5) is 28.7. The number of carbonyl (C=O) groups is 2. The van der Waals surface area contributed by atoms with Crippen molar-refractivity contribution in [2.75, 3.05) is 39.3 Å². The molecule has 3 rings (SSSR count). The monoisotopic (exact) mass is 307 g/mol. The lowest BCUT2D eigenvalue weighted by Gasteiger charge is -2.36. The van der Waals surface area contributed by atoms with Gasteiger partial charge in [-0.1, -0.05) is 19.3 Å².